The number of nitro groups is 1. The number of hydrogen-bond donors (Lipinski definition) is 1. The van der Waals surface area contributed by atoms with Gasteiger partial charge in [-0.05, 0) is 26.0 Å². The lowest BCUT2D eigenvalue weighted by Gasteiger charge is -2.23. The van der Waals surface area contributed by atoms with Crippen molar-refractivity contribution < 1.29 is 18.8 Å². The molecule has 0 saturated heterocycles. The maximum atomic E-state index is 13.4. The fourth-order valence-corrected chi connectivity index (χ4v) is 1.26. The van der Waals surface area contributed by atoms with E-state index in [1.807, 2.05) is 0 Å². The highest BCUT2D eigenvalue weighted by Crippen LogP contribution is 2.18. The number of carbonyl (C=O) groups is 1. The van der Waals surface area contributed by atoms with Crippen LogP contribution in [0.15, 0.2) is 18.2 Å². The van der Waals surface area contributed by atoms with E-state index >= 15 is 0 Å². The molecule has 0 unspecified atom stereocenters. The van der Waals surface area contributed by atoms with Gasteiger partial charge in [0.25, 0.3) is 5.91 Å². The van der Waals surface area contributed by atoms with Gasteiger partial charge in [-0.25, -0.2) is 0 Å². The van der Waals surface area contributed by atoms with Gasteiger partial charge in [0.2, 0.25) is 5.82 Å². The molecule has 0 heterocycles. The Labute approximate surface area is 109 Å². The molecule has 0 spiro atoms. The molecule has 1 aromatic rings. The molecule has 104 valence electrons. The quantitative estimate of drug-likeness (QED) is 0.654. The zero-order valence-corrected chi connectivity index (χ0v) is 10.9. The highest BCUT2D eigenvalue weighted by molar-refractivity contribution is 5.94. The number of benzene rings is 1. The second-order valence-electron chi connectivity index (χ2n) is 4.57. The number of halogens is 1. The van der Waals surface area contributed by atoms with Gasteiger partial charge in [-0.15, -0.1) is 0 Å². The highest BCUT2D eigenvalue weighted by atomic mass is 19.1. The lowest BCUT2D eigenvalue weighted by Crippen LogP contribution is -2.39. The lowest BCUT2D eigenvalue weighted by atomic mass is 10.1. The van der Waals surface area contributed by atoms with E-state index < -0.39 is 27.9 Å². The third-order valence-corrected chi connectivity index (χ3v) is 2.63. The summed E-state index contributed by atoms with van der Waals surface area (Å²) in [6.45, 7) is 3.80. The van der Waals surface area contributed by atoms with E-state index in [0.717, 1.165) is 12.1 Å². The maximum absolute atomic E-state index is 13.4. The molecule has 0 aromatic heterocycles. The number of rotatable bonds is 5. The number of amides is 1. The second kappa shape index (κ2) is 5.75. The normalized spacial score (nSPS) is 11.2. The predicted octanol–water partition coefficient (Wildman–Crippen LogP) is 1.89. The Balaban J connectivity index is 2.79. The molecule has 0 radical (unpaired) electrons. The van der Waals surface area contributed by atoms with Gasteiger partial charge in [0.15, 0.2) is 0 Å². The number of carbonyl (C=O) groups excluding carboxylic acids is 1. The van der Waals surface area contributed by atoms with Crippen molar-refractivity contribution in [3.63, 3.8) is 0 Å². The zero-order valence-electron chi connectivity index (χ0n) is 10.9. The molecular weight excluding hydrogens is 255 g/mol. The Kier molecular flexibility index (Phi) is 4.55. The minimum absolute atomic E-state index is 0.0232. The van der Waals surface area contributed by atoms with Crippen LogP contribution in [0.3, 0.4) is 0 Å². The molecule has 0 atom stereocenters. The largest absolute Gasteiger partial charge is 0.377 e. The molecule has 0 aliphatic heterocycles. The number of nitrogens with one attached hydrogen (secondary N) is 1. The summed E-state index contributed by atoms with van der Waals surface area (Å²) in [4.78, 5) is 21.3. The van der Waals surface area contributed by atoms with Crippen molar-refractivity contribution in [1.82, 2.24) is 5.32 Å². The van der Waals surface area contributed by atoms with Gasteiger partial charge < -0.3 is 10.1 Å². The monoisotopic (exact) mass is 270 g/mol. The summed E-state index contributed by atoms with van der Waals surface area (Å²) in [6, 6.07) is 3.01. The van der Waals surface area contributed by atoms with E-state index in [1.165, 1.54) is 13.2 Å². The average Bonchev–Trinajstić information content (AvgIpc) is 2.35. The third-order valence-electron chi connectivity index (χ3n) is 2.63. The summed E-state index contributed by atoms with van der Waals surface area (Å²) < 4.78 is 18.5. The van der Waals surface area contributed by atoms with E-state index in [9.17, 15) is 19.3 Å². The Morgan fingerprint density at radius 2 is 2.16 bits per heavy atom. The minimum Gasteiger partial charge on any atom is -0.377 e. The number of ether oxygens (including phenoxy) is 1. The summed E-state index contributed by atoms with van der Waals surface area (Å²) in [5.41, 5.74) is -1.18. The van der Waals surface area contributed by atoms with Crippen molar-refractivity contribution in [2.24, 2.45) is 0 Å². The molecule has 1 amide bonds. The van der Waals surface area contributed by atoms with Crippen LogP contribution in [0.25, 0.3) is 0 Å². The molecule has 1 rings (SSSR count). The van der Waals surface area contributed by atoms with Crippen LogP contribution in [0.4, 0.5) is 10.1 Å². The molecule has 19 heavy (non-hydrogen) atoms. The van der Waals surface area contributed by atoms with Crippen molar-refractivity contribution in [3.05, 3.63) is 39.7 Å². The van der Waals surface area contributed by atoms with Gasteiger partial charge in [0.05, 0.1) is 10.5 Å². The van der Waals surface area contributed by atoms with Gasteiger partial charge in [0, 0.05) is 25.3 Å². The molecule has 0 aliphatic carbocycles. The van der Waals surface area contributed by atoms with Crippen molar-refractivity contribution >= 4 is 11.6 Å². The lowest BCUT2D eigenvalue weighted by molar-refractivity contribution is -0.387. The summed E-state index contributed by atoms with van der Waals surface area (Å²) in [7, 11) is 1.51. The van der Waals surface area contributed by atoms with Crippen molar-refractivity contribution in [1.29, 1.82) is 0 Å². The number of hydrogen-bond acceptors (Lipinski definition) is 4. The van der Waals surface area contributed by atoms with E-state index in [1.54, 1.807) is 13.8 Å². The van der Waals surface area contributed by atoms with Crippen LogP contribution in [0.1, 0.15) is 24.2 Å². The molecule has 0 fully saturated rings. The first-order chi connectivity index (χ1) is 8.76. The third kappa shape index (κ3) is 3.99. The molecule has 7 heteroatoms. The fourth-order valence-electron chi connectivity index (χ4n) is 1.26. The first-order valence-electron chi connectivity index (χ1n) is 5.54. The van der Waals surface area contributed by atoms with Gasteiger partial charge in [-0.1, -0.05) is 0 Å². The topological polar surface area (TPSA) is 81.5 Å². The average molecular weight is 270 g/mol. The Hall–Kier alpha value is -2.02. The fraction of sp³-hybridized carbons (Fsp3) is 0.417. The highest BCUT2D eigenvalue weighted by Gasteiger charge is 2.20. The van der Waals surface area contributed by atoms with Gasteiger partial charge >= 0.3 is 5.69 Å². The summed E-state index contributed by atoms with van der Waals surface area (Å²) in [6.07, 6.45) is 0. The van der Waals surface area contributed by atoms with E-state index in [2.05, 4.69) is 5.32 Å². The van der Waals surface area contributed by atoms with Crippen LogP contribution in [0.5, 0.6) is 0 Å². The van der Waals surface area contributed by atoms with Crippen LogP contribution in [-0.2, 0) is 4.74 Å². The molecule has 1 aromatic carbocycles. The maximum Gasteiger partial charge on any atom is 0.304 e. The van der Waals surface area contributed by atoms with Crippen molar-refractivity contribution in [2.75, 3.05) is 13.7 Å². The Morgan fingerprint density at radius 1 is 1.53 bits per heavy atom. The van der Waals surface area contributed by atoms with Crippen LogP contribution in [-0.4, -0.2) is 30.1 Å². The molecule has 0 saturated carbocycles. The minimum atomic E-state index is -1.04. The second-order valence-corrected chi connectivity index (χ2v) is 4.57. The number of methoxy groups -OCH3 is 1. The smallest absolute Gasteiger partial charge is 0.304 e. The van der Waals surface area contributed by atoms with E-state index in [0.29, 0.717) is 0 Å². The first-order valence-corrected chi connectivity index (χ1v) is 5.54. The summed E-state index contributed by atoms with van der Waals surface area (Å²) in [5, 5.41) is 13.0. The van der Waals surface area contributed by atoms with Crippen molar-refractivity contribution in [2.45, 2.75) is 19.4 Å². The molecule has 0 bridgehead atoms. The van der Waals surface area contributed by atoms with E-state index in [4.69, 9.17) is 4.74 Å². The molecule has 6 nitrogen and oxygen atoms in total. The standard InChI is InChI=1S/C12H15FN2O4/c1-12(2,19-3)7-14-11(16)8-4-5-10(15(17)18)9(13)6-8/h4-6H,7H2,1-3H3,(H,14,16). The summed E-state index contributed by atoms with van der Waals surface area (Å²) >= 11 is 0. The Morgan fingerprint density at radius 3 is 2.63 bits per heavy atom. The van der Waals surface area contributed by atoms with Crippen LogP contribution in [0, 0.1) is 15.9 Å². The van der Waals surface area contributed by atoms with E-state index in [-0.39, 0.29) is 12.1 Å². The first kappa shape index (κ1) is 15.0. The van der Waals surface area contributed by atoms with Crippen molar-refractivity contribution in [3.8, 4) is 0 Å². The van der Waals surface area contributed by atoms with Gasteiger partial charge in [-0.3, -0.25) is 14.9 Å². The molecular formula is C12H15FN2O4. The predicted molar refractivity (Wildman–Crippen MR) is 66.5 cm³/mol. The van der Waals surface area contributed by atoms with Gasteiger partial charge in [-0.2, -0.15) is 4.39 Å². The SMILES string of the molecule is COC(C)(C)CNC(=O)c1ccc([N+](=O)[O-])c(F)c1. The Bertz CT molecular complexity index is 503. The zero-order chi connectivity index (χ0) is 14.6. The van der Waals surface area contributed by atoms with Crippen LogP contribution < -0.4 is 5.32 Å². The molecule has 0 aliphatic rings. The molecule has 1 N–H and O–H groups in total. The summed E-state index contributed by atoms with van der Waals surface area (Å²) in [5.74, 6) is -1.55. The van der Waals surface area contributed by atoms with Crippen LogP contribution in [0.2, 0.25) is 0 Å². The number of nitrogens with zero attached hydrogens (tertiary/aromatic N) is 1. The number of nitro benzene ring substituents is 1. The van der Waals surface area contributed by atoms with Crippen LogP contribution >= 0.6 is 0 Å². The van der Waals surface area contributed by atoms with Gasteiger partial charge in [0.1, 0.15) is 0 Å².